The Kier molecular flexibility index (Phi) is 6.39. The first-order chi connectivity index (χ1) is 13.4. The van der Waals surface area contributed by atoms with Crippen LogP contribution in [0.1, 0.15) is 31.7 Å². The van der Waals surface area contributed by atoms with Crippen molar-refractivity contribution in [3.63, 3.8) is 0 Å². The number of aromatic nitrogens is 1. The van der Waals surface area contributed by atoms with Crippen LogP contribution in [0.25, 0.3) is 10.9 Å². The van der Waals surface area contributed by atoms with Crippen LogP contribution in [0, 0.1) is 0 Å². The quantitative estimate of drug-likeness (QED) is 0.697. The average Bonchev–Trinajstić information content (AvgIpc) is 3.22. The van der Waals surface area contributed by atoms with Gasteiger partial charge in [-0.3, -0.25) is 9.59 Å². The maximum atomic E-state index is 12.5. The van der Waals surface area contributed by atoms with Crippen LogP contribution < -0.4 is 5.32 Å². The van der Waals surface area contributed by atoms with Crippen LogP contribution in [-0.4, -0.2) is 60.8 Å². The molecule has 0 saturated carbocycles. The third-order valence-corrected chi connectivity index (χ3v) is 6.95. The van der Waals surface area contributed by atoms with Crippen LogP contribution in [-0.2, 0) is 25.8 Å². The summed E-state index contributed by atoms with van der Waals surface area (Å²) >= 11 is 0. The number of H-pyrrole nitrogens is 1. The van der Waals surface area contributed by atoms with Crippen molar-refractivity contribution in [2.75, 3.05) is 24.6 Å². The number of hydrogen-bond donors (Lipinski definition) is 2. The van der Waals surface area contributed by atoms with Crippen LogP contribution in [0.4, 0.5) is 0 Å². The number of para-hydroxylation sites is 1. The number of amides is 2. The van der Waals surface area contributed by atoms with Crippen LogP contribution in [0.5, 0.6) is 0 Å². The zero-order valence-corrected chi connectivity index (χ0v) is 16.9. The summed E-state index contributed by atoms with van der Waals surface area (Å²) in [5.41, 5.74) is 2.27. The maximum Gasteiger partial charge on any atom is 0.239 e. The number of hydrogen-bond acceptors (Lipinski definition) is 4. The molecule has 1 aromatic carbocycles. The summed E-state index contributed by atoms with van der Waals surface area (Å²) < 4.78 is 23.0. The van der Waals surface area contributed by atoms with Crippen molar-refractivity contribution in [3.05, 3.63) is 36.0 Å². The minimum Gasteiger partial charge on any atom is -0.361 e. The Balaban J connectivity index is 1.46. The predicted octanol–water partition coefficient (Wildman–Crippen LogP) is 1.64. The largest absolute Gasteiger partial charge is 0.361 e. The number of nitrogens with one attached hydrogen (secondary N) is 2. The summed E-state index contributed by atoms with van der Waals surface area (Å²) in [6, 6.07) is 7.73. The first-order valence-corrected chi connectivity index (χ1v) is 11.5. The van der Waals surface area contributed by atoms with Crippen LogP contribution in [0.15, 0.2) is 30.5 Å². The summed E-state index contributed by atoms with van der Waals surface area (Å²) in [5, 5.41) is 3.91. The van der Waals surface area contributed by atoms with Crippen molar-refractivity contribution in [2.45, 2.75) is 38.6 Å². The Morgan fingerprint density at radius 2 is 2.07 bits per heavy atom. The molecule has 1 aliphatic heterocycles. The fraction of sp³-hybridized carbons (Fsp3) is 0.500. The summed E-state index contributed by atoms with van der Waals surface area (Å²) in [4.78, 5) is 29.4. The number of carbonyl (C=O) groups excluding carboxylic acids is 2. The topological polar surface area (TPSA) is 99.3 Å². The molecule has 3 rings (SSSR count). The number of sulfone groups is 1. The van der Waals surface area contributed by atoms with Gasteiger partial charge in [0, 0.05) is 36.1 Å². The normalized spacial score (nSPS) is 18.2. The van der Waals surface area contributed by atoms with E-state index in [9.17, 15) is 18.0 Å². The molecule has 28 heavy (non-hydrogen) atoms. The number of fused-ring (bicyclic) bond motifs is 1. The molecule has 0 bridgehead atoms. The number of likely N-dealkylation sites (N-methyl/N-ethyl adjacent to an activating group) is 1. The van der Waals surface area contributed by atoms with Crippen molar-refractivity contribution in [2.24, 2.45) is 0 Å². The minimum atomic E-state index is -3.04. The second-order valence-corrected chi connectivity index (χ2v) is 9.52. The van der Waals surface area contributed by atoms with Gasteiger partial charge < -0.3 is 15.2 Å². The van der Waals surface area contributed by atoms with Gasteiger partial charge in [-0.15, -0.1) is 0 Å². The van der Waals surface area contributed by atoms with E-state index in [1.165, 1.54) is 15.8 Å². The highest BCUT2D eigenvalue weighted by Gasteiger charge is 2.29. The van der Waals surface area contributed by atoms with E-state index in [2.05, 4.69) is 16.4 Å². The molecule has 0 spiro atoms. The van der Waals surface area contributed by atoms with Gasteiger partial charge in [-0.2, -0.15) is 0 Å². The fourth-order valence-corrected chi connectivity index (χ4v) is 5.33. The summed E-state index contributed by atoms with van der Waals surface area (Å²) in [7, 11) is -3.04. The number of benzene rings is 1. The molecule has 1 unspecified atom stereocenters. The molecule has 2 heterocycles. The first-order valence-electron chi connectivity index (χ1n) is 9.70. The zero-order valence-electron chi connectivity index (χ0n) is 16.1. The molecule has 0 radical (unpaired) electrons. The van der Waals surface area contributed by atoms with Gasteiger partial charge in [0.2, 0.25) is 11.8 Å². The number of nitrogens with zero attached hydrogens (tertiary/aromatic N) is 1. The van der Waals surface area contributed by atoms with Gasteiger partial charge in [0.15, 0.2) is 9.84 Å². The van der Waals surface area contributed by atoms with Gasteiger partial charge in [0.1, 0.15) is 0 Å². The molecular formula is C20H27N3O4S. The number of aromatic amines is 1. The molecular weight excluding hydrogens is 378 g/mol. The summed E-state index contributed by atoms with van der Waals surface area (Å²) in [6.07, 6.45) is 4.30. The van der Waals surface area contributed by atoms with Crippen LogP contribution in [0.2, 0.25) is 0 Å². The van der Waals surface area contributed by atoms with Crippen LogP contribution >= 0.6 is 0 Å². The Hall–Kier alpha value is -2.35. The number of carbonyl (C=O) groups is 2. The standard InChI is InChI=1S/C20H27N3O4S/c1-2-23(13-19(24)22-16-10-11-28(26,27)14-16)20(25)9-5-6-15-12-21-18-8-4-3-7-17(15)18/h3-4,7-8,12,16,21H,2,5-6,9-11,13-14H2,1H3,(H,22,24). The highest BCUT2D eigenvalue weighted by molar-refractivity contribution is 7.91. The lowest BCUT2D eigenvalue weighted by Gasteiger charge is -2.21. The molecule has 1 aliphatic rings. The van der Waals surface area contributed by atoms with E-state index >= 15 is 0 Å². The van der Waals surface area contributed by atoms with Crippen molar-refractivity contribution in [1.29, 1.82) is 0 Å². The molecule has 1 atom stereocenters. The molecule has 0 aliphatic carbocycles. The molecule has 2 aromatic rings. The van der Waals surface area contributed by atoms with Gasteiger partial charge in [0.05, 0.1) is 18.1 Å². The average molecular weight is 406 g/mol. The van der Waals surface area contributed by atoms with E-state index in [0.717, 1.165) is 11.9 Å². The Bertz CT molecular complexity index is 951. The maximum absolute atomic E-state index is 12.5. The monoisotopic (exact) mass is 405 g/mol. The van der Waals surface area contributed by atoms with E-state index in [-0.39, 0.29) is 35.9 Å². The SMILES string of the molecule is CCN(CC(=O)NC1CCS(=O)(=O)C1)C(=O)CCCc1c[nH]c2ccccc12. The lowest BCUT2D eigenvalue weighted by molar-refractivity contribution is -0.136. The van der Waals surface area contributed by atoms with Gasteiger partial charge in [-0.05, 0) is 37.8 Å². The van der Waals surface area contributed by atoms with Gasteiger partial charge >= 0.3 is 0 Å². The van der Waals surface area contributed by atoms with Crippen LogP contribution in [0.3, 0.4) is 0 Å². The highest BCUT2D eigenvalue weighted by Crippen LogP contribution is 2.19. The Morgan fingerprint density at radius 3 is 2.79 bits per heavy atom. The Morgan fingerprint density at radius 1 is 1.29 bits per heavy atom. The molecule has 152 valence electrons. The zero-order chi connectivity index (χ0) is 20.1. The Labute approximate surface area is 165 Å². The fourth-order valence-electron chi connectivity index (χ4n) is 3.66. The molecule has 1 saturated heterocycles. The third kappa shape index (κ3) is 5.13. The van der Waals surface area contributed by atoms with Gasteiger partial charge in [-0.25, -0.2) is 8.42 Å². The molecule has 8 heteroatoms. The first kappa shape index (κ1) is 20.4. The van der Waals surface area contributed by atoms with E-state index < -0.39 is 9.84 Å². The molecule has 2 amide bonds. The summed E-state index contributed by atoms with van der Waals surface area (Å²) in [5.74, 6) is -0.253. The predicted molar refractivity (Wildman–Crippen MR) is 109 cm³/mol. The lowest BCUT2D eigenvalue weighted by atomic mass is 10.1. The lowest BCUT2D eigenvalue weighted by Crippen LogP contribution is -2.44. The number of aryl methyl sites for hydroxylation is 1. The van der Waals surface area contributed by atoms with Crippen molar-refractivity contribution in [3.8, 4) is 0 Å². The third-order valence-electron chi connectivity index (χ3n) is 5.18. The van der Waals surface area contributed by atoms with E-state index in [1.54, 1.807) is 0 Å². The molecule has 1 fully saturated rings. The van der Waals surface area contributed by atoms with Crippen molar-refractivity contribution in [1.82, 2.24) is 15.2 Å². The minimum absolute atomic E-state index is 0.0105. The van der Waals surface area contributed by atoms with E-state index in [0.29, 0.717) is 25.8 Å². The molecule has 2 N–H and O–H groups in total. The van der Waals surface area contributed by atoms with Gasteiger partial charge in [-0.1, -0.05) is 18.2 Å². The second kappa shape index (κ2) is 8.77. The molecule has 1 aromatic heterocycles. The highest BCUT2D eigenvalue weighted by atomic mass is 32.2. The smallest absolute Gasteiger partial charge is 0.239 e. The van der Waals surface area contributed by atoms with E-state index in [1.807, 2.05) is 31.3 Å². The number of rotatable bonds is 8. The second-order valence-electron chi connectivity index (χ2n) is 7.29. The molecule has 7 nitrogen and oxygen atoms in total. The van der Waals surface area contributed by atoms with Crippen molar-refractivity contribution >= 4 is 32.6 Å². The van der Waals surface area contributed by atoms with Gasteiger partial charge in [0.25, 0.3) is 0 Å². The summed E-state index contributed by atoms with van der Waals surface area (Å²) in [6.45, 7) is 2.26. The van der Waals surface area contributed by atoms with Crippen molar-refractivity contribution < 1.29 is 18.0 Å². The van der Waals surface area contributed by atoms with E-state index in [4.69, 9.17) is 0 Å².